The lowest BCUT2D eigenvalue weighted by Crippen LogP contribution is -2.57. The predicted octanol–water partition coefficient (Wildman–Crippen LogP) is 1.25. The topological polar surface area (TPSA) is 102 Å². The Bertz CT molecular complexity index is 699. The summed E-state index contributed by atoms with van der Waals surface area (Å²) in [6.45, 7) is 6.09. The summed E-state index contributed by atoms with van der Waals surface area (Å²) in [5.41, 5.74) is 6.55. The van der Waals surface area contributed by atoms with Crippen molar-refractivity contribution in [3.05, 3.63) is 35.9 Å². The van der Waals surface area contributed by atoms with Crippen LogP contribution >= 0.6 is 0 Å². The molecule has 1 saturated heterocycles. The molecule has 1 aliphatic rings. The molecule has 0 aromatic heterocycles. The Morgan fingerprint density at radius 2 is 1.89 bits per heavy atom. The average molecular weight is 389 g/mol. The average Bonchev–Trinajstić information content (AvgIpc) is 3.15. The highest BCUT2D eigenvalue weighted by Gasteiger charge is 2.39. The molecule has 0 unspecified atom stereocenters. The summed E-state index contributed by atoms with van der Waals surface area (Å²) in [5.74, 6) is -1.09. The Balaban J connectivity index is 2.23. The van der Waals surface area contributed by atoms with Gasteiger partial charge < -0.3 is 20.7 Å². The SMILES string of the molecule is COC(=O)[C@H]1CCCN1C(=O)[C@H](Cc1ccccc1)NC(=O)[C@H](N)C(C)(C)C. The van der Waals surface area contributed by atoms with E-state index in [1.54, 1.807) is 0 Å². The summed E-state index contributed by atoms with van der Waals surface area (Å²) in [6.07, 6.45) is 1.61. The van der Waals surface area contributed by atoms with E-state index in [1.807, 2.05) is 51.1 Å². The summed E-state index contributed by atoms with van der Waals surface area (Å²) in [6, 6.07) is 7.29. The monoisotopic (exact) mass is 389 g/mol. The van der Waals surface area contributed by atoms with E-state index >= 15 is 0 Å². The van der Waals surface area contributed by atoms with Gasteiger partial charge >= 0.3 is 5.97 Å². The van der Waals surface area contributed by atoms with Crippen molar-refractivity contribution in [1.29, 1.82) is 0 Å². The number of esters is 1. The molecule has 0 radical (unpaired) electrons. The summed E-state index contributed by atoms with van der Waals surface area (Å²) >= 11 is 0. The molecule has 0 aliphatic carbocycles. The smallest absolute Gasteiger partial charge is 0.328 e. The second-order valence-electron chi connectivity index (χ2n) is 8.31. The van der Waals surface area contributed by atoms with E-state index in [9.17, 15) is 14.4 Å². The van der Waals surface area contributed by atoms with E-state index in [-0.39, 0.29) is 11.8 Å². The molecule has 1 aromatic carbocycles. The number of carbonyl (C=O) groups is 3. The summed E-state index contributed by atoms with van der Waals surface area (Å²) in [7, 11) is 1.31. The molecular weight excluding hydrogens is 358 g/mol. The minimum Gasteiger partial charge on any atom is -0.467 e. The Morgan fingerprint density at radius 1 is 1.25 bits per heavy atom. The molecule has 1 aliphatic heterocycles. The van der Waals surface area contributed by atoms with E-state index < -0.39 is 29.5 Å². The highest BCUT2D eigenvalue weighted by atomic mass is 16.5. The fraction of sp³-hybridized carbons (Fsp3) is 0.571. The third-order valence-corrected chi connectivity index (χ3v) is 5.12. The van der Waals surface area contributed by atoms with Crippen molar-refractivity contribution in [2.24, 2.45) is 11.1 Å². The summed E-state index contributed by atoms with van der Waals surface area (Å²) < 4.78 is 4.84. The zero-order chi connectivity index (χ0) is 20.9. The van der Waals surface area contributed by atoms with E-state index in [1.165, 1.54) is 12.0 Å². The Labute approximate surface area is 166 Å². The van der Waals surface area contributed by atoms with E-state index in [0.717, 1.165) is 12.0 Å². The van der Waals surface area contributed by atoms with Crippen molar-refractivity contribution in [2.75, 3.05) is 13.7 Å². The molecule has 1 aromatic rings. The van der Waals surface area contributed by atoms with Gasteiger partial charge in [0, 0.05) is 13.0 Å². The minimum absolute atomic E-state index is 0.286. The van der Waals surface area contributed by atoms with Crippen LogP contribution in [0, 0.1) is 5.41 Å². The van der Waals surface area contributed by atoms with Gasteiger partial charge in [0.05, 0.1) is 13.2 Å². The van der Waals surface area contributed by atoms with Gasteiger partial charge in [0.25, 0.3) is 0 Å². The number of amides is 2. The van der Waals surface area contributed by atoms with Crippen LogP contribution in [0.2, 0.25) is 0 Å². The number of ether oxygens (including phenoxy) is 1. The Hall–Kier alpha value is -2.41. The normalized spacial score (nSPS) is 19.0. The van der Waals surface area contributed by atoms with Crippen molar-refractivity contribution in [1.82, 2.24) is 10.2 Å². The van der Waals surface area contributed by atoms with Gasteiger partial charge in [-0.25, -0.2) is 4.79 Å². The van der Waals surface area contributed by atoms with Crippen LogP contribution in [0.4, 0.5) is 0 Å². The summed E-state index contributed by atoms with van der Waals surface area (Å²) in [5, 5.41) is 2.82. The van der Waals surface area contributed by atoms with Gasteiger partial charge in [-0.2, -0.15) is 0 Å². The van der Waals surface area contributed by atoms with Crippen molar-refractivity contribution in [3.8, 4) is 0 Å². The molecule has 0 bridgehead atoms. The molecular formula is C21H31N3O4. The lowest BCUT2D eigenvalue weighted by molar-refractivity contribution is -0.152. The number of methoxy groups -OCH3 is 1. The van der Waals surface area contributed by atoms with Crippen molar-refractivity contribution in [3.63, 3.8) is 0 Å². The molecule has 2 rings (SSSR count). The summed E-state index contributed by atoms with van der Waals surface area (Å²) in [4.78, 5) is 39.5. The first-order valence-corrected chi connectivity index (χ1v) is 9.63. The van der Waals surface area contributed by atoms with E-state index in [4.69, 9.17) is 10.5 Å². The van der Waals surface area contributed by atoms with Crippen LogP contribution in [-0.4, -0.2) is 54.5 Å². The zero-order valence-corrected chi connectivity index (χ0v) is 17.1. The lowest BCUT2D eigenvalue weighted by Gasteiger charge is -2.31. The second kappa shape index (κ2) is 9.19. The highest BCUT2D eigenvalue weighted by molar-refractivity contribution is 5.92. The first-order valence-electron chi connectivity index (χ1n) is 9.63. The molecule has 0 saturated carbocycles. The minimum atomic E-state index is -0.798. The molecule has 2 amide bonds. The Kier molecular flexibility index (Phi) is 7.18. The van der Waals surface area contributed by atoms with Gasteiger partial charge in [-0.1, -0.05) is 51.1 Å². The van der Waals surface area contributed by atoms with Crippen molar-refractivity contribution >= 4 is 17.8 Å². The van der Waals surface area contributed by atoms with Crippen LogP contribution in [0.15, 0.2) is 30.3 Å². The zero-order valence-electron chi connectivity index (χ0n) is 17.1. The highest BCUT2D eigenvalue weighted by Crippen LogP contribution is 2.21. The van der Waals surface area contributed by atoms with Crippen LogP contribution in [-0.2, 0) is 25.5 Å². The maximum atomic E-state index is 13.3. The van der Waals surface area contributed by atoms with Gasteiger partial charge in [-0.05, 0) is 23.8 Å². The molecule has 28 heavy (non-hydrogen) atoms. The molecule has 7 heteroatoms. The van der Waals surface area contributed by atoms with Crippen LogP contribution in [0.3, 0.4) is 0 Å². The van der Waals surface area contributed by atoms with Crippen molar-refractivity contribution in [2.45, 2.75) is 58.2 Å². The van der Waals surface area contributed by atoms with Gasteiger partial charge in [-0.15, -0.1) is 0 Å². The van der Waals surface area contributed by atoms with Crippen LogP contribution < -0.4 is 11.1 Å². The number of rotatable bonds is 6. The number of hydrogen-bond donors (Lipinski definition) is 2. The Morgan fingerprint density at radius 3 is 2.46 bits per heavy atom. The van der Waals surface area contributed by atoms with Gasteiger partial charge in [-0.3, -0.25) is 9.59 Å². The second-order valence-corrected chi connectivity index (χ2v) is 8.31. The first-order chi connectivity index (χ1) is 13.1. The number of nitrogens with two attached hydrogens (primary N) is 1. The maximum Gasteiger partial charge on any atom is 0.328 e. The first kappa shape index (κ1) is 21.9. The maximum absolute atomic E-state index is 13.3. The third kappa shape index (κ3) is 5.32. The van der Waals surface area contributed by atoms with Gasteiger partial charge in [0.15, 0.2) is 0 Å². The lowest BCUT2D eigenvalue weighted by atomic mass is 9.86. The van der Waals surface area contributed by atoms with Crippen LogP contribution in [0.5, 0.6) is 0 Å². The molecule has 154 valence electrons. The van der Waals surface area contributed by atoms with Crippen LogP contribution in [0.1, 0.15) is 39.2 Å². The quantitative estimate of drug-likeness (QED) is 0.713. The van der Waals surface area contributed by atoms with Crippen molar-refractivity contribution < 1.29 is 19.1 Å². The molecule has 7 nitrogen and oxygen atoms in total. The molecule has 1 fully saturated rings. The number of likely N-dealkylation sites (tertiary alicyclic amines) is 1. The standard InChI is InChI=1S/C21H31N3O4/c1-21(2,3)17(22)18(25)23-15(13-14-9-6-5-7-10-14)19(26)24-12-8-11-16(24)20(27)28-4/h5-7,9-10,15-17H,8,11-13,22H2,1-4H3,(H,23,25)/t15-,16+,17-/m0/s1. The fourth-order valence-electron chi connectivity index (χ4n) is 3.32. The predicted molar refractivity (Wildman–Crippen MR) is 106 cm³/mol. The number of nitrogens with one attached hydrogen (secondary N) is 1. The van der Waals surface area contributed by atoms with Gasteiger partial charge in [0.2, 0.25) is 11.8 Å². The number of benzene rings is 1. The van der Waals surface area contributed by atoms with Crippen LogP contribution in [0.25, 0.3) is 0 Å². The van der Waals surface area contributed by atoms with Gasteiger partial charge in [0.1, 0.15) is 12.1 Å². The molecule has 1 heterocycles. The third-order valence-electron chi connectivity index (χ3n) is 5.12. The van der Waals surface area contributed by atoms with E-state index in [2.05, 4.69) is 5.32 Å². The molecule has 3 atom stereocenters. The molecule has 0 spiro atoms. The molecule has 3 N–H and O–H groups in total. The van der Waals surface area contributed by atoms with E-state index in [0.29, 0.717) is 19.4 Å². The number of hydrogen-bond acceptors (Lipinski definition) is 5. The number of carbonyl (C=O) groups excluding carboxylic acids is 3. The fourth-order valence-corrected chi connectivity index (χ4v) is 3.32. The number of nitrogens with zero attached hydrogens (tertiary/aromatic N) is 1. The largest absolute Gasteiger partial charge is 0.467 e.